The van der Waals surface area contributed by atoms with E-state index in [-0.39, 0.29) is 5.54 Å². The zero-order chi connectivity index (χ0) is 14.2. The molecule has 1 saturated heterocycles. The van der Waals surface area contributed by atoms with Crippen molar-refractivity contribution in [3.63, 3.8) is 0 Å². The van der Waals surface area contributed by atoms with E-state index in [1.165, 1.54) is 44.2 Å². The Hall–Kier alpha value is -1.03. The Morgan fingerprint density at radius 2 is 2.15 bits per heavy atom. The Labute approximate surface area is 121 Å². The van der Waals surface area contributed by atoms with Crippen LogP contribution in [0.5, 0.6) is 5.75 Å². The average Bonchev–Trinajstić information content (AvgIpc) is 3.22. The van der Waals surface area contributed by atoms with Gasteiger partial charge in [0.25, 0.3) is 0 Å². The van der Waals surface area contributed by atoms with Gasteiger partial charge in [-0.25, -0.2) is 0 Å². The molecule has 20 heavy (non-hydrogen) atoms. The number of nitrogens with zero attached hydrogens (tertiary/aromatic N) is 2. The summed E-state index contributed by atoms with van der Waals surface area (Å²) in [5, 5.41) is 8.49. The van der Waals surface area contributed by atoms with Gasteiger partial charge in [-0.1, -0.05) is 12.8 Å². The first-order chi connectivity index (χ1) is 9.69. The van der Waals surface area contributed by atoms with E-state index in [0.717, 1.165) is 18.2 Å². The molecule has 2 aliphatic rings. The van der Waals surface area contributed by atoms with Gasteiger partial charge in [-0.15, -0.1) is 0 Å². The van der Waals surface area contributed by atoms with Crippen LogP contribution in [0.15, 0.2) is 6.20 Å². The molecule has 0 spiro atoms. The lowest BCUT2D eigenvalue weighted by atomic mass is 9.84. The molecule has 1 unspecified atom stereocenters. The highest BCUT2D eigenvalue weighted by Crippen LogP contribution is 2.51. The highest BCUT2D eigenvalue weighted by atomic mass is 16.5. The van der Waals surface area contributed by atoms with Crippen LogP contribution in [0.3, 0.4) is 0 Å². The van der Waals surface area contributed by atoms with Gasteiger partial charge in [-0.05, 0) is 52.0 Å². The Morgan fingerprint density at radius 3 is 2.80 bits per heavy atom. The standard InChI is InChI=1S/C16H27N3O/c1-12(2)19-15(14(20-3)11-18-19)16(13-7-8-13)9-5-4-6-10-17-16/h11-13,17H,4-10H2,1-3H3. The second-order valence-electron chi connectivity index (χ2n) is 6.58. The number of ether oxygens (including phenoxy) is 1. The molecule has 1 saturated carbocycles. The van der Waals surface area contributed by atoms with Crippen LogP contribution < -0.4 is 10.1 Å². The lowest BCUT2D eigenvalue weighted by Gasteiger charge is -2.36. The molecule has 2 fully saturated rings. The number of hydrogen-bond acceptors (Lipinski definition) is 3. The zero-order valence-corrected chi connectivity index (χ0v) is 13.0. The average molecular weight is 277 g/mol. The summed E-state index contributed by atoms with van der Waals surface area (Å²) in [4.78, 5) is 0. The predicted octanol–water partition coefficient (Wildman–Crippen LogP) is 3.24. The summed E-state index contributed by atoms with van der Waals surface area (Å²) in [6.45, 7) is 5.52. The maximum Gasteiger partial charge on any atom is 0.161 e. The Bertz CT molecular complexity index is 454. The number of rotatable bonds is 4. The number of aromatic nitrogens is 2. The topological polar surface area (TPSA) is 39.1 Å². The maximum absolute atomic E-state index is 5.65. The van der Waals surface area contributed by atoms with Crippen molar-refractivity contribution in [2.45, 2.75) is 64.0 Å². The van der Waals surface area contributed by atoms with Crippen LogP contribution in [0, 0.1) is 5.92 Å². The van der Waals surface area contributed by atoms with Gasteiger partial charge in [0.05, 0.1) is 18.8 Å². The summed E-state index contributed by atoms with van der Waals surface area (Å²) in [6.07, 6.45) is 9.69. The Balaban J connectivity index is 2.08. The molecular weight excluding hydrogens is 250 g/mol. The third-order valence-corrected chi connectivity index (χ3v) is 4.86. The molecule has 1 atom stereocenters. The van der Waals surface area contributed by atoms with Gasteiger partial charge in [0.2, 0.25) is 0 Å². The summed E-state index contributed by atoms with van der Waals surface area (Å²) in [5.41, 5.74) is 1.38. The van der Waals surface area contributed by atoms with Crippen LogP contribution in [0.1, 0.15) is 64.1 Å². The normalized spacial score (nSPS) is 27.6. The third kappa shape index (κ3) is 2.24. The molecule has 1 aliphatic heterocycles. The van der Waals surface area contributed by atoms with Crippen molar-refractivity contribution < 1.29 is 4.74 Å². The summed E-state index contributed by atoms with van der Waals surface area (Å²) >= 11 is 0. The smallest absolute Gasteiger partial charge is 0.161 e. The molecule has 1 N–H and O–H groups in total. The molecule has 112 valence electrons. The van der Waals surface area contributed by atoms with Crippen LogP contribution >= 0.6 is 0 Å². The van der Waals surface area contributed by atoms with E-state index in [4.69, 9.17) is 4.74 Å². The van der Waals surface area contributed by atoms with Crippen molar-refractivity contribution in [2.75, 3.05) is 13.7 Å². The highest BCUT2D eigenvalue weighted by molar-refractivity contribution is 5.35. The SMILES string of the molecule is COc1cnn(C(C)C)c1C1(C2CC2)CCCCCN1. The molecular formula is C16H27N3O. The molecule has 4 nitrogen and oxygen atoms in total. The van der Waals surface area contributed by atoms with Crippen molar-refractivity contribution in [1.82, 2.24) is 15.1 Å². The zero-order valence-electron chi connectivity index (χ0n) is 13.0. The van der Waals surface area contributed by atoms with E-state index in [2.05, 4.69) is 28.9 Å². The maximum atomic E-state index is 5.65. The minimum Gasteiger partial charge on any atom is -0.493 e. The lowest BCUT2D eigenvalue weighted by molar-refractivity contribution is 0.241. The van der Waals surface area contributed by atoms with E-state index in [0.29, 0.717) is 6.04 Å². The lowest BCUT2D eigenvalue weighted by Crippen LogP contribution is -2.46. The fourth-order valence-electron chi connectivity index (χ4n) is 3.74. The Kier molecular flexibility index (Phi) is 3.76. The molecule has 0 bridgehead atoms. The van der Waals surface area contributed by atoms with Gasteiger partial charge in [-0.2, -0.15) is 5.10 Å². The van der Waals surface area contributed by atoms with Gasteiger partial charge in [-0.3, -0.25) is 4.68 Å². The number of nitrogens with one attached hydrogen (secondary N) is 1. The van der Waals surface area contributed by atoms with Crippen LogP contribution in [0.2, 0.25) is 0 Å². The van der Waals surface area contributed by atoms with Gasteiger partial charge >= 0.3 is 0 Å². The first kappa shape index (κ1) is 13.9. The molecule has 0 aromatic carbocycles. The second kappa shape index (κ2) is 5.40. The number of hydrogen-bond donors (Lipinski definition) is 1. The van der Waals surface area contributed by atoms with E-state index >= 15 is 0 Å². The molecule has 3 rings (SSSR count). The van der Waals surface area contributed by atoms with Crippen LogP contribution in [0.25, 0.3) is 0 Å². The first-order valence-corrected chi connectivity index (χ1v) is 8.06. The van der Waals surface area contributed by atoms with Crippen LogP contribution in [0.4, 0.5) is 0 Å². The molecule has 1 aromatic heterocycles. The largest absolute Gasteiger partial charge is 0.493 e. The molecule has 0 radical (unpaired) electrons. The number of methoxy groups -OCH3 is 1. The Morgan fingerprint density at radius 1 is 1.35 bits per heavy atom. The molecule has 2 heterocycles. The minimum atomic E-state index is 0.0859. The first-order valence-electron chi connectivity index (χ1n) is 8.06. The van der Waals surface area contributed by atoms with Crippen LogP contribution in [-0.2, 0) is 5.54 Å². The summed E-state index contributed by atoms with van der Waals surface area (Å²) in [6, 6.07) is 0.370. The van der Waals surface area contributed by atoms with E-state index in [1.54, 1.807) is 7.11 Å². The van der Waals surface area contributed by atoms with Crippen molar-refractivity contribution in [2.24, 2.45) is 5.92 Å². The van der Waals surface area contributed by atoms with Gasteiger partial charge in [0, 0.05) is 6.04 Å². The van der Waals surface area contributed by atoms with Crippen LogP contribution in [-0.4, -0.2) is 23.4 Å². The summed E-state index contributed by atoms with van der Waals surface area (Å²) in [7, 11) is 1.77. The second-order valence-corrected chi connectivity index (χ2v) is 6.58. The predicted molar refractivity (Wildman–Crippen MR) is 80.0 cm³/mol. The highest BCUT2D eigenvalue weighted by Gasteiger charge is 2.50. The van der Waals surface area contributed by atoms with E-state index in [9.17, 15) is 0 Å². The fraction of sp³-hybridized carbons (Fsp3) is 0.812. The van der Waals surface area contributed by atoms with Crippen molar-refractivity contribution in [3.8, 4) is 5.75 Å². The fourth-order valence-corrected chi connectivity index (χ4v) is 3.74. The summed E-state index contributed by atoms with van der Waals surface area (Å²) < 4.78 is 7.83. The van der Waals surface area contributed by atoms with Gasteiger partial charge in [0.15, 0.2) is 5.75 Å². The minimum absolute atomic E-state index is 0.0859. The van der Waals surface area contributed by atoms with Crippen molar-refractivity contribution >= 4 is 0 Å². The molecule has 4 heteroatoms. The monoisotopic (exact) mass is 277 g/mol. The molecule has 1 aromatic rings. The van der Waals surface area contributed by atoms with Crippen molar-refractivity contribution in [1.29, 1.82) is 0 Å². The van der Waals surface area contributed by atoms with Crippen molar-refractivity contribution in [3.05, 3.63) is 11.9 Å². The summed E-state index contributed by atoms with van der Waals surface area (Å²) in [5.74, 6) is 1.71. The van der Waals surface area contributed by atoms with Gasteiger partial charge in [0.1, 0.15) is 5.69 Å². The van der Waals surface area contributed by atoms with E-state index in [1.807, 2.05) is 6.20 Å². The molecule has 0 amide bonds. The molecule has 1 aliphatic carbocycles. The van der Waals surface area contributed by atoms with E-state index < -0.39 is 0 Å². The van der Waals surface area contributed by atoms with Gasteiger partial charge < -0.3 is 10.1 Å². The third-order valence-electron chi connectivity index (χ3n) is 4.86. The quantitative estimate of drug-likeness (QED) is 0.918.